The Morgan fingerprint density at radius 2 is 1.88 bits per heavy atom. The predicted molar refractivity (Wildman–Crippen MR) is 160 cm³/mol. The summed E-state index contributed by atoms with van der Waals surface area (Å²) >= 11 is 0. The monoisotopic (exact) mass is 564 g/mol. The van der Waals surface area contributed by atoms with E-state index in [1.807, 2.05) is 51.1 Å². The molecule has 1 heterocycles. The third-order valence-corrected chi connectivity index (χ3v) is 6.55. The van der Waals surface area contributed by atoms with E-state index in [4.69, 9.17) is 4.74 Å². The molecule has 1 saturated heterocycles. The number of hydrogen-bond donors (Lipinski definition) is 3. The molecule has 3 rings (SSSR count). The van der Waals surface area contributed by atoms with Gasteiger partial charge < -0.3 is 15.0 Å². The van der Waals surface area contributed by atoms with Crippen molar-refractivity contribution in [3.05, 3.63) is 70.4 Å². The Hall–Kier alpha value is -4.28. The molecule has 11 heteroatoms. The number of carbonyl (C=O) groups is 2. The van der Waals surface area contributed by atoms with E-state index in [0.29, 0.717) is 30.3 Å². The van der Waals surface area contributed by atoms with Crippen molar-refractivity contribution >= 4 is 29.1 Å². The van der Waals surface area contributed by atoms with E-state index in [1.165, 1.54) is 6.07 Å². The zero-order valence-corrected chi connectivity index (χ0v) is 24.9. The molecule has 0 bridgehead atoms. The van der Waals surface area contributed by atoms with Gasteiger partial charge in [0.1, 0.15) is 17.0 Å². The largest absolute Gasteiger partial charge is 0.444 e. The van der Waals surface area contributed by atoms with Crippen LogP contribution in [0.3, 0.4) is 0 Å². The number of ether oxygens (including phenoxy) is 1. The minimum Gasteiger partial charge on any atom is -0.444 e. The lowest BCUT2D eigenvalue weighted by Gasteiger charge is -2.34. The first-order chi connectivity index (χ1) is 19.5. The van der Waals surface area contributed by atoms with Crippen LogP contribution in [-0.2, 0) is 4.74 Å². The van der Waals surface area contributed by atoms with Gasteiger partial charge in [0.2, 0.25) is 5.82 Å². The molecule has 1 unspecified atom stereocenters. The third-order valence-electron chi connectivity index (χ3n) is 6.55. The molecule has 1 aliphatic heterocycles. The lowest BCUT2D eigenvalue weighted by atomic mass is 9.90. The van der Waals surface area contributed by atoms with Crippen LogP contribution < -0.4 is 16.1 Å². The smallest absolute Gasteiger partial charge is 0.410 e. The van der Waals surface area contributed by atoms with Crippen molar-refractivity contribution in [3.8, 4) is 0 Å². The minimum absolute atomic E-state index is 0.148. The number of hydrogen-bond acceptors (Lipinski definition) is 7. The molecule has 0 spiro atoms. The molecule has 11 nitrogen and oxygen atoms in total. The van der Waals surface area contributed by atoms with Gasteiger partial charge in [0.05, 0.1) is 19.7 Å². The van der Waals surface area contributed by atoms with Crippen LogP contribution in [0.1, 0.15) is 75.2 Å². The number of allylic oxidation sites excluding steroid dienone is 1. The Labute approximate surface area is 242 Å². The Kier molecular flexibility index (Phi) is 11.0. The Morgan fingerprint density at radius 1 is 1.15 bits per heavy atom. The molecular formula is C30H42N7O4+. The number of nitrogens with one attached hydrogen (secondary N) is 3. The Morgan fingerprint density at radius 3 is 2.51 bits per heavy atom. The van der Waals surface area contributed by atoms with Gasteiger partial charge in [-0.15, -0.1) is 9.60 Å². The number of likely N-dealkylation sites (tertiary alicyclic amines) is 1. The van der Waals surface area contributed by atoms with E-state index in [9.17, 15) is 14.5 Å². The molecule has 3 N–H and O–H groups in total. The molecular weight excluding hydrogens is 522 g/mol. The fourth-order valence-electron chi connectivity index (χ4n) is 4.55. The van der Waals surface area contributed by atoms with Crippen LogP contribution in [0.5, 0.6) is 0 Å². The highest BCUT2D eigenvalue weighted by molar-refractivity contribution is 6.08. The van der Waals surface area contributed by atoms with Crippen molar-refractivity contribution < 1.29 is 19.0 Å². The second kappa shape index (κ2) is 14.4. The second-order valence-corrected chi connectivity index (χ2v) is 11.0. The van der Waals surface area contributed by atoms with E-state index >= 15 is 0 Å². The van der Waals surface area contributed by atoms with Crippen molar-refractivity contribution in [3.63, 3.8) is 0 Å². The maximum absolute atomic E-state index is 13.4. The number of rotatable bonds is 10. The van der Waals surface area contributed by atoms with Crippen molar-refractivity contribution in [2.75, 3.05) is 37.8 Å². The average Bonchev–Trinajstić information content (AvgIpc) is 2.95. The lowest BCUT2D eigenvalue weighted by molar-refractivity contribution is -0.520. The molecule has 0 aliphatic carbocycles. The number of carbonyl (C=O) groups excluding carboxylic acids is 2. The topological polar surface area (TPSA) is 128 Å². The van der Waals surface area contributed by atoms with Gasteiger partial charge in [-0.3, -0.25) is 10.1 Å². The van der Waals surface area contributed by atoms with E-state index < -0.39 is 5.60 Å². The Bertz CT molecular complexity index is 1280. The van der Waals surface area contributed by atoms with Gasteiger partial charge in [-0.1, -0.05) is 25.5 Å². The molecule has 0 radical (unpaired) electrons. The average molecular weight is 565 g/mol. The standard InChI is InChI=1S/C30H41N7O4/c1-7-8-11-27(36(6)35-31-5)33-26-17-16-24(34-40)19-25(26)28(38)32-23-14-12-21(13-15-23)22-10-9-18-37(20-22)29(39)41-30(2,3)4/h11-17,19,22H,7-10,18,20H2,1-6H3,(H2,32,33,38,40)/p+1/b27-11+. The summed E-state index contributed by atoms with van der Waals surface area (Å²) in [5.41, 5.74) is 4.85. The molecule has 41 heavy (non-hydrogen) atoms. The van der Waals surface area contributed by atoms with Crippen molar-refractivity contribution in [2.24, 2.45) is 10.4 Å². The number of nitroso groups, excluding NO2 is 1. The molecule has 0 saturated carbocycles. The summed E-state index contributed by atoms with van der Waals surface area (Å²) in [6.07, 6.45) is 5.31. The van der Waals surface area contributed by atoms with E-state index in [-0.39, 0.29) is 29.2 Å². The van der Waals surface area contributed by atoms with Gasteiger partial charge >= 0.3 is 6.09 Å². The quantitative estimate of drug-likeness (QED) is 0.127. The molecule has 220 valence electrons. The highest BCUT2D eigenvalue weighted by Gasteiger charge is 2.28. The highest BCUT2D eigenvalue weighted by Crippen LogP contribution is 2.30. The predicted octanol–water partition coefficient (Wildman–Crippen LogP) is 6.73. The summed E-state index contributed by atoms with van der Waals surface area (Å²) in [7, 11) is 3.49. The van der Waals surface area contributed by atoms with E-state index in [1.54, 1.807) is 35.8 Å². The highest BCUT2D eigenvalue weighted by atomic mass is 16.6. The molecule has 2 aromatic carbocycles. The lowest BCUT2D eigenvalue weighted by Crippen LogP contribution is -2.42. The SMILES string of the molecule is CCC/C=C(Nc1ccc(N=O)cc1C(=O)Nc1ccc(C2CCCN(C(=O)OC(C)(C)C)C2)cc1)/[N+](C)=N\NC. The minimum atomic E-state index is -0.536. The Balaban J connectivity index is 1.76. The van der Waals surface area contributed by atoms with Crippen LogP contribution in [0.25, 0.3) is 0 Å². The zero-order valence-electron chi connectivity index (χ0n) is 24.9. The summed E-state index contributed by atoms with van der Waals surface area (Å²) in [5.74, 6) is 0.474. The molecule has 1 fully saturated rings. The third kappa shape index (κ3) is 9.12. The first kappa shape index (κ1) is 31.3. The fourth-order valence-corrected chi connectivity index (χ4v) is 4.55. The second-order valence-electron chi connectivity index (χ2n) is 11.0. The van der Waals surface area contributed by atoms with Crippen molar-refractivity contribution in [2.45, 2.75) is 64.9 Å². The zero-order chi connectivity index (χ0) is 30.0. The van der Waals surface area contributed by atoms with Gasteiger partial charge in [0.25, 0.3) is 5.91 Å². The summed E-state index contributed by atoms with van der Waals surface area (Å²) < 4.78 is 7.19. The van der Waals surface area contributed by atoms with Crippen LogP contribution in [0.4, 0.5) is 21.9 Å². The van der Waals surface area contributed by atoms with E-state index in [0.717, 1.165) is 31.2 Å². The number of benzene rings is 2. The molecule has 2 aromatic rings. The maximum Gasteiger partial charge on any atom is 0.410 e. The van der Waals surface area contributed by atoms with Gasteiger partial charge in [-0.2, -0.15) is 0 Å². The van der Waals surface area contributed by atoms with Crippen LogP contribution in [-0.4, -0.2) is 54.4 Å². The van der Waals surface area contributed by atoms with Gasteiger partial charge in [-0.05, 0) is 87.2 Å². The van der Waals surface area contributed by atoms with E-state index in [2.05, 4.69) is 33.4 Å². The van der Waals surface area contributed by atoms with Crippen LogP contribution in [0.15, 0.2) is 64.8 Å². The summed E-state index contributed by atoms with van der Waals surface area (Å²) in [4.78, 5) is 39.0. The molecule has 0 aromatic heterocycles. The fraction of sp³-hybridized carbons (Fsp3) is 0.467. The van der Waals surface area contributed by atoms with Crippen LogP contribution in [0.2, 0.25) is 0 Å². The van der Waals surface area contributed by atoms with Gasteiger partial charge in [-0.25, -0.2) is 10.2 Å². The number of piperidine rings is 1. The number of anilines is 2. The first-order valence-electron chi connectivity index (χ1n) is 14.0. The van der Waals surface area contributed by atoms with Crippen LogP contribution in [0, 0.1) is 4.91 Å². The number of nitrogens with zero attached hydrogens (tertiary/aromatic N) is 4. The number of unbranched alkanes of at least 4 members (excludes halogenated alkanes) is 1. The van der Waals surface area contributed by atoms with Gasteiger partial charge in [0.15, 0.2) is 0 Å². The van der Waals surface area contributed by atoms with Crippen molar-refractivity contribution in [1.82, 2.24) is 10.3 Å². The summed E-state index contributed by atoms with van der Waals surface area (Å²) in [6.45, 7) is 8.94. The molecule has 1 aliphatic rings. The summed E-state index contributed by atoms with van der Waals surface area (Å²) in [6, 6.07) is 12.3. The molecule has 2 amide bonds. The normalized spacial score (nSPS) is 16.1. The van der Waals surface area contributed by atoms with Crippen LogP contribution >= 0.6 is 0 Å². The first-order valence-corrected chi connectivity index (χ1v) is 14.0. The summed E-state index contributed by atoms with van der Waals surface area (Å²) in [5, 5.41) is 13.4. The maximum atomic E-state index is 13.4. The van der Waals surface area contributed by atoms with Gasteiger partial charge in [0, 0.05) is 29.9 Å². The van der Waals surface area contributed by atoms with Crippen molar-refractivity contribution in [1.29, 1.82) is 0 Å². The number of amides is 2. The molecule has 1 atom stereocenters.